The first kappa shape index (κ1) is 47.2. The van der Waals surface area contributed by atoms with Crippen molar-refractivity contribution in [3.05, 3.63) is 242 Å². The van der Waals surface area contributed by atoms with Gasteiger partial charge in [-0.25, -0.2) is 0 Å². The Labute approximate surface area is 534 Å². The lowest BCUT2D eigenvalue weighted by Crippen LogP contribution is -2.57. The normalized spacial score (nSPS) is 13.9. The van der Waals surface area contributed by atoms with E-state index in [0.717, 1.165) is 87.2 Å². The van der Waals surface area contributed by atoms with Crippen molar-refractivity contribution in [1.82, 2.24) is 0 Å². The summed E-state index contributed by atoms with van der Waals surface area (Å²) in [5.41, 5.74) is 15.6. The molecule has 4 aromatic heterocycles. The molecule has 3 nitrogen and oxygen atoms in total. The minimum atomic E-state index is -0.424. The summed E-state index contributed by atoms with van der Waals surface area (Å²) in [7, 11) is 0. The Balaban J connectivity index is 0.801. The van der Waals surface area contributed by atoms with E-state index >= 15 is 0 Å². The fraction of sp³-hybridized carbons (Fsp3) is 0.100. The first-order valence-electron chi connectivity index (χ1n) is 32.4. The van der Waals surface area contributed by atoms with Gasteiger partial charge in [-0.1, -0.05) is 192 Å². The molecule has 0 amide bonds. The lowest BCUT2D eigenvalue weighted by molar-refractivity contribution is 0.486. The van der Waals surface area contributed by atoms with Crippen LogP contribution in [0.5, 0.6) is 11.5 Å². The van der Waals surface area contributed by atoms with Crippen molar-refractivity contribution in [3.63, 3.8) is 0 Å². The van der Waals surface area contributed by atoms with E-state index in [1.54, 1.807) is 11.3 Å². The van der Waals surface area contributed by atoms with Gasteiger partial charge in [0.2, 0.25) is 0 Å². The van der Waals surface area contributed by atoms with Crippen LogP contribution >= 0.6 is 45.8 Å². The first-order valence-corrected chi connectivity index (χ1v) is 33.1. The summed E-state index contributed by atoms with van der Waals surface area (Å²) in [6.45, 7) is 13.5. The Kier molecular flexibility index (Phi) is 10.4. The number of hydrogen-bond donors (Lipinski definition) is 0. The highest BCUT2D eigenvalue weighted by Gasteiger charge is 2.40. The summed E-state index contributed by atoms with van der Waals surface area (Å²) < 4.78 is 64.8. The molecule has 2 aliphatic rings. The number of benzene rings is 12. The lowest BCUT2D eigenvalue weighted by atomic mass is 9.35. The zero-order valence-electron chi connectivity index (χ0n) is 54.0. The molecule has 0 fully saturated rings. The quantitative estimate of drug-likeness (QED) is 0.155. The highest BCUT2D eigenvalue weighted by Crippen LogP contribution is 2.51. The van der Waals surface area contributed by atoms with Crippen LogP contribution in [0, 0.1) is 0 Å². The van der Waals surface area contributed by atoms with Crippen LogP contribution in [0.2, 0.25) is 0 Å². The van der Waals surface area contributed by atoms with Crippen LogP contribution in [-0.2, 0) is 10.8 Å². The molecule has 420 valence electrons. The molecular weight excluding hydrogens is 1150 g/mol. The number of thiophene rings is 3. The molecule has 8 heteroatoms. The van der Waals surface area contributed by atoms with Crippen molar-refractivity contribution in [2.24, 2.45) is 0 Å². The van der Waals surface area contributed by atoms with Gasteiger partial charge in [-0.2, -0.15) is 0 Å². The Morgan fingerprint density at radius 2 is 0.989 bits per heavy atom. The third-order valence-corrected chi connectivity index (χ3v) is 22.8. The summed E-state index contributed by atoms with van der Waals surface area (Å²) >= 11 is 7.13. The van der Waals surface area contributed by atoms with Crippen molar-refractivity contribution in [3.8, 4) is 44.9 Å². The standard InChI is InChI=1S/C80H56BNO2S4/c1-79(2,3)50-23-27-52(28-24-50)82(53-29-25-51(26-30-53)80(4,5)6)54-31-35-61-71(43-54)87-72-42-49(48-21-32-57-69(41-48)86-68-37-36-67-74(75(57)68)56-17-11-13-19-66(56)85-67)39-65-77(72)81(61)60-34-22-46(38-63(60)84-65)47-20-33-58-70(40-47)88-78-59(45-14-8-7-9-15-45)44-64-73(76(58)78)55-16-10-12-18-62(55)83-64/h7-44H,1-6H3/i7D,8D,9D,14D,15D. The third kappa shape index (κ3) is 8.15. The number of rotatable bonds is 6. The van der Waals surface area contributed by atoms with E-state index in [-0.39, 0.29) is 47.3 Å². The van der Waals surface area contributed by atoms with Gasteiger partial charge in [-0.15, -0.1) is 34.0 Å². The summed E-state index contributed by atoms with van der Waals surface area (Å²) in [4.78, 5) is 4.76. The van der Waals surface area contributed by atoms with E-state index in [9.17, 15) is 0 Å². The molecule has 18 rings (SSSR count). The van der Waals surface area contributed by atoms with Gasteiger partial charge in [0.15, 0.2) is 0 Å². The molecule has 0 saturated heterocycles. The minimum Gasteiger partial charge on any atom is -0.458 e. The summed E-state index contributed by atoms with van der Waals surface area (Å²) in [6, 6.07) is 71.7. The Hall–Kier alpha value is -8.89. The smallest absolute Gasteiger partial charge is 0.253 e. The molecule has 88 heavy (non-hydrogen) atoms. The second-order valence-electron chi connectivity index (χ2n) is 25.6. The van der Waals surface area contributed by atoms with Crippen molar-refractivity contribution in [2.75, 3.05) is 4.90 Å². The third-order valence-electron chi connectivity index (χ3n) is 18.2. The number of nitrogens with zero attached hydrogens (tertiary/aromatic N) is 1. The molecule has 0 saturated carbocycles. The largest absolute Gasteiger partial charge is 0.458 e. The second kappa shape index (κ2) is 19.3. The number of hydrogen-bond acceptors (Lipinski definition) is 7. The van der Waals surface area contributed by atoms with E-state index in [2.05, 4.69) is 222 Å². The van der Waals surface area contributed by atoms with Crippen molar-refractivity contribution >= 4 is 168 Å². The van der Waals surface area contributed by atoms with Gasteiger partial charge in [0.25, 0.3) is 6.71 Å². The van der Waals surface area contributed by atoms with Gasteiger partial charge in [-0.3, -0.25) is 0 Å². The number of ether oxygens (including phenoxy) is 1. The summed E-state index contributed by atoms with van der Waals surface area (Å²) in [6.07, 6.45) is 0. The van der Waals surface area contributed by atoms with Gasteiger partial charge < -0.3 is 14.1 Å². The predicted molar refractivity (Wildman–Crippen MR) is 383 cm³/mol. The average Bonchev–Trinajstić information content (AvgIpc) is 1.71. The van der Waals surface area contributed by atoms with E-state index in [1.165, 1.54) is 72.2 Å². The highest BCUT2D eigenvalue weighted by atomic mass is 32.2. The maximum Gasteiger partial charge on any atom is 0.253 e. The van der Waals surface area contributed by atoms with Crippen LogP contribution in [0.25, 0.3) is 116 Å². The molecule has 0 radical (unpaired) electrons. The molecule has 12 aromatic carbocycles. The number of para-hydroxylation sites is 1. The topological polar surface area (TPSA) is 25.6 Å². The number of furan rings is 1. The van der Waals surface area contributed by atoms with Gasteiger partial charge in [0.1, 0.15) is 22.7 Å². The second-order valence-corrected chi connectivity index (χ2v) is 29.9. The molecule has 0 spiro atoms. The maximum absolute atomic E-state index is 9.11. The van der Waals surface area contributed by atoms with E-state index in [1.807, 2.05) is 58.7 Å². The van der Waals surface area contributed by atoms with Crippen LogP contribution in [0.4, 0.5) is 17.1 Å². The van der Waals surface area contributed by atoms with E-state index in [0.29, 0.717) is 16.7 Å². The molecule has 0 unspecified atom stereocenters. The molecular formula is C80H56BNO2S4. The van der Waals surface area contributed by atoms with Crippen LogP contribution in [0.15, 0.2) is 245 Å². The SMILES string of the molecule is [2H]c1c([2H])c([2H])c(-c2cc3oc4ccccc4c3c3c2sc2cc(-c4ccc5c(c4)Oc4cc(-c6ccc7c(c6)sc6ccc8sc9ccccc9c8c67)cc6c4B5c4ccc(N(c5ccc(C(C)(C)C)cc5)c5ccc(C(C)(C)C)cc5)cc4S6)ccc23)c([2H])c1[2H]. The van der Waals surface area contributed by atoms with Gasteiger partial charge in [0, 0.05) is 104 Å². The molecule has 6 heterocycles. The Morgan fingerprint density at radius 1 is 0.409 bits per heavy atom. The fourth-order valence-electron chi connectivity index (χ4n) is 13.8. The molecule has 0 aliphatic carbocycles. The fourth-order valence-corrected chi connectivity index (χ4v) is 18.6. The highest BCUT2D eigenvalue weighted by molar-refractivity contribution is 8.00. The Morgan fingerprint density at radius 3 is 1.70 bits per heavy atom. The average molecular weight is 1210 g/mol. The van der Waals surface area contributed by atoms with Crippen LogP contribution < -0.4 is 26.0 Å². The van der Waals surface area contributed by atoms with Crippen LogP contribution in [0.3, 0.4) is 0 Å². The number of fused-ring (bicyclic) bond motifs is 18. The first-order chi connectivity index (χ1) is 44.9. The molecule has 16 aromatic rings. The van der Waals surface area contributed by atoms with E-state index < -0.39 is 6.04 Å². The Bertz CT molecular complexity index is 5840. The van der Waals surface area contributed by atoms with Gasteiger partial charge in [-0.05, 0) is 158 Å². The zero-order valence-corrected chi connectivity index (χ0v) is 52.3. The van der Waals surface area contributed by atoms with Crippen LogP contribution in [0.1, 0.15) is 59.5 Å². The summed E-state index contributed by atoms with van der Waals surface area (Å²) in [5.74, 6) is 1.64. The van der Waals surface area contributed by atoms with Crippen molar-refractivity contribution in [1.29, 1.82) is 0 Å². The van der Waals surface area contributed by atoms with Crippen molar-refractivity contribution < 1.29 is 16.0 Å². The van der Waals surface area contributed by atoms with Crippen molar-refractivity contribution in [2.45, 2.75) is 62.2 Å². The molecule has 0 N–H and O–H groups in total. The number of anilines is 3. The maximum atomic E-state index is 9.11. The van der Waals surface area contributed by atoms with Gasteiger partial charge in [0.05, 0.1) is 6.85 Å². The van der Waals surface area contributed by atoms with E-state index in [4.69, 9.17) is 16.0 Å². The predicted octanol–water partition coefficient (Wildman–Crippen LogP) is 22.8. The molecule has 0 bridgehead atoms. The molecule has 2 aliphatic heterocycles. The monoisotopic (exact) mass is 1210 g/mol. The molecule has 0 atom stereocenters. The van der Waals surface area contributed by atoms with Crippen LogP contribution in [-0.4, -0.2) is 6.71 Å². The lowest BCUT2D eigenvalue weighted by Gasteiger charge is -2.34. The zero-order chi connectivity index (χ0) is 63.2. The summed E-state index contributed by atoms with van der Waals surface area (Å²) in [5, 5.41) is 9.07. The van der Waals surface area contributed by atoms with Gasteiger partial charge >= 0.3 is 0 Å². The minimum absolute atomic E-state index is 0.00618.